The van der Waals surface area contributed by atoms with E-state index >= 15 is 0 Å². The zero-order chi connectivity index (χ0) is 19.6. The van der Waals surface area contributed by atoms with Gasteiger partial charge in [0.1, 0.15) is 24.4 Å². The first-order valence-corrected chi connectivity index (χ1v) is 10.7. The molecule has 0 radical (unpaired) electrons. The standard InChI is InChI=1S/C20H20N6O2S/c1-2-27-15-6-8-16(9-7-15)28-10-18-22-20(26(24-18)14-11-29-12-14)17-4-3-5-19-23-21-13-25(17)19/h3-9,13-14H,2,10-12H2,1H3. The van der Waals surface area contributed by atoms with E-state index in [1.807, 2.05) is 70.2 Å². The van der Waals surface area contributed by atoms with Gasteiger partial charge in [-0.1, -0.05) is 6.07 Å². The molecule has 1 saturated heterocycles. The molecule has 0 unspecified atom stereocenters. The fourth-order valence-electron chi connectivity index (χ4n) is 3.20. The number of thioether (sulfide) groups is 1. The largest absolute Gasteiger partial charge is 0.494 e. The van der Waals surface area contributed by atoms with Gasteiger partial charge in [-0.05, 0) is 43.3 Å². The molecule has 0 atom stereocenters. The molecule has 0 spiro atoms. The van der Waals surface area contributed by atoms with Crippen LogP contribution in [0, 0.1) is 0 Å². The summed E-state index contributed by atoms with van der Waals surface area (Å²) < 4.78 is 15.3. The zero-order valence-electron chi connectivity index (χ0n) is 15.9. The Labute approximate surface area is 171 Å². The summed E-state index contributed by atoms with van der Waals surface area (Å²) in [6, 6.07) is 13.8. The quantitative estimate of drug-likeness (QED) is 0.464. The highest BCUT2D eigenvalue weighted by Crippen LogP contribution is 2.32. The van der Waals surface area contributed by atoms with Crippen molar-refractivity contribution >= 4 is 17.4 Å². The Balaban J connectivity index is 1.42. The fraction of sp³-hybridized carbons (Fsp3) is 0.300. The van der Waals surface area contributed by atoms with E-state index in [0.717, 1.165) is 40.2 Å². The van der Waals surface area contributed by atoms with Crippen LogP contribution in [-0.4, -0.2) is 47.5 Å². The topological polar surface area (TPSA) is 79.4 Å². The lowest BCUT2D eigenvalue weighted by Gasteiger charge is -2.26. The molecular formula is C20H20N6O2S. The highest BCUT2D eigenvalue weighted by molar-refractivity contribution is 8.00. The molecule has 0 bridgehead atoms. The van der Waals surface area contributed by atoms with Gasteiger partial charge in [-0.3, -0.25) is 4.40 Å². The first-order chi connectivity index (χ1) is 14.3. The summed E-state index contributed by atoms with van der Waals surface area (Å²) in [5, 5.41) is 12.9. The van der Waals surface area contributed by atoms with E-state index in [4.69, 9.17) is 19.6 Å². The molecule has 1 aliphatic rings. The average Bonchev–Trinajstić information content (AvgIpc) is 3.33. The molecule has 148 valence electrons. The van der Waals surface area contributed by atoms with Crippen LogP contribution in [0.25, 0.3) is 17.2 Å². The number of hydrogen-bond acceptors (Lipinski definition) is 7. The number of pyridine rings is 1. The summed E-state index contributed by atoms with van der Waals surface area (Å²) in [5.41, 5.74) is 1.71. The van der Waals surface area contributed by atoms with Crippen molar-refractivity contribution in [3.63, 3.8) is 0 Å². The van der Waals surface area contributed by atoms with Crippen LogP contribution in [0.3, 0.4) is 0 Å². The molecule has 29 heavy (non-hydrogen) atoms. The summed E-state index contributed by atoms with van der Waals surface area (Å²) in [5.74, 6) is 5.11. The van der Waals surface area contributed by atoms with Gasteiger partial charge in [0.05, 0.1) is 18.3 Å². The lowest BCUT2D eigenvalue weighted by atomic mass is 10.3. The molecule has 1 aliphatic heterocycles. The van der Waals surface area contributed by atoms with Crippen molar-refractivity contribution < 1.29 is 9.47 Å². The van der Waals surface area contributed by atoms with Crippen molar-refractivity contribution in [1.29, 1.82) is 0 Å². The Morgan fingerprint density at radius 2 is 1.86 bits per heavy atom. The highest BCUT2D eigenvalue weighted by atomic mass is 32.2. The third-order valence-corrected chi connectivity index (χ3v) is 5.95. The van der Waals surface area contributed by atoms with E-state index in [2.05, 4.69) is 10.2 Å². The summed E-state index contributed by atoms with van der Waals surface area (Å²) in [4.78, 5) is 4.79. The predicted molar refractivity (Wildman–Crippen MR) is 110 cm³/mol. The van der Waals surface area contributed by atoms with Crippen molar-refractivity contribution in [3.05, 3.63) is 54.6 Å². The molecular weight excluding hydrogens is 388 g/mol. The number of aromatic nitrogens is 6. The summed E-state index contributed by atoms with van der Waals surface area (Å²) in [7, 11) is 0. The third kappa shape index (κ3) is 3.53. The Kier molecular flexibility index (Phi) is 4.81. The van der Waals surface area contributed by atoms with Crippen molar-refractivity contribution in [2.24, 2.45) is 0 Å². The smallest absolute Gasteiger partial charge is 0.188 e. The number of benzene rings is 1. The van der Waals surface area contributed by atoms with E-state index in [9.17, 15) is 0 Å². The maximum absolute atomic E-state index is 5.90. The Morgan fingerprint density at radius 3 is 2.59 bits per heavy atom. The molecule has 1 fully saturated rings. The lowest BCUT2D eigenvalue weighted by Crippen LogP contribution is -2.25. The lowest BCUT2D eigenvalue weighted by molar-refractivity contribution is 0.293. The van der Waals surface area contributed by atoms with Crippen molar-refractivity contribution in [3.8, 4) is 23.0 Å². The number of nitrogens with zero attached hydrogens (tertiary/aromatic N) is 6. The minimum absolute atomic E-state index is 0.298. The van der Waals surface area contributed by atoms with Crippen LogP contribution >= 0.6 is 11.8 Å². The van der Waals surface area contributed by atoms with Crippen LogP contribution in [0.4, 0.5) is 0 Å². The summed E-state index contributed by atoms with van der Waals surface area (Å²) >= 11 is 1.91. The second-order valence-corrected chi connectivity index (χ2v) is 7.73. The zero-order valence-corrected chi connectivity index (χ0v) is 16.7. The van der Waals surface area contributed by atoms with Gasteiger partial charge in [0.25, 0.3) is 0 Å². The highest BCUT2D eigenvalue weighted by Gasteiger charge is 2.26. The molecule has 0 N–H and O–H groups in total. The van der Waals surface area contributed by atoms with Crippen LogP contribution in [0.15, 0.2) is 48.8 Å². The summed E-state index contributed by atoms with van der Waals surface area (Å²) in [6.07, 6.45) is 1.70. The Bertz CT molecular complexity index is 1120. The van der Waals surface area contributed by atoms with E-state index < -0.39 is 0 Å². The predicted octanol–water partition coefficient (Wildman–Crippen LogP) is 3.25. The molecule has 0 saturated carbocycles. The average molecular weight is 408 g/mol. The Hall–Kier alpha value is -3.07. The molecule has 0 amide bonds. The number of fused-ring (bicyclic) bond motifs is 1. The minimum Gasteiger partial charge on any atom is -0.494 e. The second kappa shape index (κ2) is 7.75. The van der Waals surface area contributed by atoms with E-state index in [-0.39, 0.29) is 0 Å². The third-order valence-electron chi connectivity index (χ3n) is 4.71. The molecule has 4 aromatic rings. The maximum atomic E-state index is 5.90. The van der Waals surface area contributed by atoms with Gasteiger partial charge >= 0.3 is 0 Å². The van der Waals surface area contributed by atoms with Crippen molar-refractivity contribution in [2.45, 2.75) is 19.6 Å². The number of ether oxygens (including phenoxy) is 2. The molecule has 9 heteroatoms. The van der Waals surface area contributed by atoms with Gasteiger partial charge in [0.2, 0.25) is 0 Å². The van der Waals surface area contributed by atoms with Crippen LogP contribution < -0.4 is 9.47 Å². The SMILES string of the molecule is CCOc1ccc(OCc2nc(-c3cccc4nncn34)n(C3CSC3)n2)cc1. The molecule has 5 rings (SSSR count). The van der Waals surface area contributed by atoms with E-state index in [0.29, 0.717) is 25.1 Å². The number of rotatable bonds is 7. The molecule has 3 aromatic heterocycles. The van der Waals surface area contributed by atoms with Crippen molar-refractivity contribution in [2.75, 3.05) is 18.1 Å². The van der Waals surface area contributed by atoms with Gasteiger partial charge in [0.15, 0.2) is 17.3 Å². The van der Waals surface area contributed by atoms with Gasteiger partial charge < -0.3 is 9.47 Å². The monoisotopic (exact) mass is 408 g/mol. The molecule has 8 nitrogen and oxygen atoms in total. The van der Waals surface area contributed by atoms with E-state index in [1.165, 1.54) is 0 Å². The van der Waals surface area contributed by atoms with E-state index in [1.54, 1.807) is 6.33 Å². The minimum atomic E-state index is 0.298. The molecule has 4 heterocycles. The van der Waals surface area contributed by atoms with Crippen LogP contribution in [0.5, 0.6) is 11.5 Å². The van der Waals surface area contributed by atoms with Crippen LogP contribution in [0.1, 0.15) is 18.8 Å². The van der Waals surface area contributed by atoms with Crippen LogP contribution in [-0.2, 0) is 6.61 Å². The number of hydrogen-bond donors (Lipinski definition) is 0. The van der Waals surface area contributed by atoms with Gasteiger partial charge in [-0.25, -0.2) is 9.67 Å². The van der Waals surface area contributed by atoms with Gasteiger partial charge in [0, 0.05) is 11.5 Å². The first kappa shape index (κ1) is 18.0. The Morgan fingerprint density at radius 1 is 1.07 bits per heavy atom. The van der Waals surface area contributed by atoms with Crippen molar-refractivity contribution in [1.82, 2.24) is 29.4 Å². The molecule has 1 aromatic carbocycles. The molecule has 0 aliphatic carbocycles. The van der Waals surface area contributed by atoms with Gasteiger partial charge in [-0.15, -0.1) is 10.2 Å². The van der Waals surface area contributed by atoms with Crippen LogP contribution in [0.2, 0.25) is 0 Å². The maximum Gasteiger partial charge on any atom is 0.188 e. The normalized spacial score (nSPS) is 14.1. The summed E-state index contributed by atoms with van der Waals surface area (Å²) in [6.45, 7) is 2.90. The first-order valence-electron chi connectivity index (χ1n) is 9.50. The van der Waals surface area contributed by atoms with Gasteiger partial charge in [-0.2, -0.15) is 16.9 Å². The fourth-order valence-corrected chi connectivity index (χ4v) is 3.93. The second-order valence-electron chi connectivity index (χ2n) is 6.65.